The SMILES string of the molecule is BC1CC1c1ccc(O)c(O)c1. The van der Waals surface area contributed by atoms with Crippen LogP contribution in [0.5, 0.6) is 11.5 Å². The molecule has 0 bridgehead atoms. The van der Waals surface area contributed by atoms with E-state index in [4.69, 9.17) is 5.11 Å². The highest BCUT2D eigenvalue weighted by molar-refractivity contribution is 6.14. The molecule has 2 unspecified atom stereocenters. The minimum absolute atomic E-state index is 0.00778. The van der Waals surface area contributed by atoms with E-state index < -0.39 is 0 Å². The fraction of sp³-hybridized carbons (Fsp3) is 0.333. The van der Waals surface area contributed by atoms with E-state index >= 15 is 0 Å². The second kappa shape index (κ2) is 2.44. The van der Waals surface area contributed by atoms with E-state index in [0.29, 0.717) is 5.92 Å². The van der Waals surface area contributed by atoms with Crippen LogP contribution < -0.4 is 0 Å². The summed E-state index contributed by atoms with van der Waals surface area (Å²) in [5.74, 6) is 1.28. The Bertz CT molecular complexity index is 311. The minimum Gasteiger partial charge on any atom is -0.504 e. The quantitative estimate of drug-likeness (QED) is 0.477. The first kappa shape index (κ1) is 7.53. The van der Waals surface area contributed by atoms with Gasteiger partial charge in [-0.1, -0.05) is 18.3 Å². The highest BCUT2D eigenvalue weighted by Gasteiger charge is 2.33. The Labute approximate surface area is 72.3 Å². The molecule has 0 aromatic heterocycles. The molecule has 2 atom stereocenters. The van der Waals surface area contributed by atoms with E-state index in [9.17, 15) is 5.11 Å². The van der Waals surface area contributed by atoms with Gasteiger partial charge in [-0.2, -0.15) is 0 Å². The maximum absolute atomic E-state index is 9.21. The van der Waals surface area contributed by atoms with Gasteiger partial charge in [0.1, 0.15) is 7.85 Å². The molecule has 1 aromatic rings. The Balaban J connectivity index is 2.29. The van der Waals surface area contributed by atoms with E-state index in [0.717, 1.165) is 11.4 Å². The standard InChI is InChI=1S/C9H11BO2/c10-7-4-6(7)5-1-2-8(11)9(12)3-5/h1-3,6-7,11-12H,4,10H2. The molecular formula is C9H11BO2. The van der Waals surface area contributed by atoms with Gasteiger partial charge in [-0.15, -0.1) is 0 Å². The molecule has 0 heterocycles. The minimum atomic E-state index is -0.0351. The summed E-state index contributed by atoms with van der Waals surface area (Å²) in [7, 11) is 2.19. The molecule has 0 aliphatic heterocycles. The van der Waals surface area contributed by atoms with Gasteiger partial charge in [-0.25, -0.2) is 0 Å². The molecule has 1 saturated carbocycles. The van der Waals surface area contributed by atoms with Gasteiger partial charge in [-0.05, 0) is 23.6 Å². The highest BCUT2D eigenvalue weighted by Crippen LogP contribution is 2.51. The lowest BCUT2D eigenvalue weighted by Crippen LogP contribution is -1.80. The molecule has 1 aliphatic rings. The molecular weight excluding hydrogens is 151 g/mol. The van der Waals surface area contributed by atoms with E-state index in [1.165, 1.54) is 6.42 Å². The zero-order valence-corrected chi connectivity index (χ0v) is 6.99. The summed E-state index contributed by atoms with van der Waals surface area (Å²) in [6.45, 7) is 0. The highest BCUT2D eigenvalue weighted by atomic mass is 16.3. The lowest BCUT2D eigenvalue weighted by atomic mass is 9.97. The lowest BCUT2D eigenvalue weighted by Gasteiger charge is -2.01. The third kappa shape index (κ3) is 1.15. The van der Waals surface area contributed by atoms with Gasteiger partial charge in [0, 0.05) is 0 Å². The van der Waals surface area contributed by atoms with Crippen LogP contribution in [0.1, 0.15) is 17.9 Å². The Morgan fingerprint density at radius 1 is 1.25 bits per heavy atom. The molecule has 3 heteroatoms. The van der Waals surface area contributed by atoms with E-state index in [2.05, 4.69) is 7.85 Å². The number of phenolic OH excluding ortho intramolecular Hbond substituents is 2. The maximum atomic E-state index is 9.21. The van der Waals surface area contributed by atoms with Crippen LogP contribution in [-0.2, 0) is 0 Å². The van der Waals surface area contributed by atoms with E-state index in [-0.39, 0.29) is 11.5 Å². The van der Waals surface area contributed by atoms with Gasteiger partial charge < -0.3 is 10.2 Å². The summed E-state index contributed by atoms with van der Waals surface area (Å²) in [6.07, 6.45) is 1.20. The van der Waals surface area contributed by atoms with Crippen LogP contribution in [0.15, 0.2) is 18.2 Å². The third-order valence-electron chi connectivity index (χ3n) is 2.54. The molecule has 12 heavy (non-hydrogen) atoms. The fourth-order valence-corrected chi connectivity index (χ4v) is 1.56. The smallest absolute Gasteiger partial charge is 0.157 e. The summed E-state index contributed by atoms with van der Waals surface area (Å²) in [5.41, 5.74) is 1.14. The summed E-state index contributed by atoms with van der Waals surface area (Å²) in [6, 6.07) is 5.09. The molecule has 0 saturated heterocycles. The summed E-state index contributed by atoms with van der Waals surface area (Å²) < 4.78 is 0. The molecule has 2 nitrogen and oxygen atoms in total. The maximum Gasteiger partial charge on any atom is 0.157 e. The second-order valence-corrected chi connectivity index (χ2v) is 3.57. The van der Waals surface area contributed by atoms with Crippen LogP contribution in [0.4, 0.5) is 0 Å². The zero-order chi connectivity index (χ0) is 8.72. The summed E-state index contributed by atoms with van der Waals surface area (Å²) in [5, 5.41) is 18.3. The van der Waals surface area contributed by atoms with Crippen molar-refractivity contribution >= 4 is 7.85 Å². The molecule has 1 fully saturated rings. The van der Waals surface area contributed by atoms with Gasteiger partial charge in [0.15, 0.2) is 11.5 Å². The van der Waals surface area contributed by atoms with Crippen LogP contribution in [0, 0.1) is 0 Å². The van der Waals surface area contributed by atoms with Crippen LogP contribution in [0.2, 0.25) is 5.82 Å². The number of phenols is 2. The number of aromatic hydroxyl groups is 2. The Kier molecular flexibility index (Phi) is 1.53. The molecule has 2 N–H and O–H groups in total. The molecule has 2 rings (SSSR count). The number of hydrogen-bond acceptors (Lipinski definition) is 2. The average molecular weight is 162 g/mol. The summed E-state index contributed by atoms with van der Waals surface area (Å²) in [4.78, 5) is 0. The van der Waals surface area contributed by atoms with Crippen molar-refractivity contribution in [2.75, 3.05) is 0 Å². The van der Waals surface area contributed by atoms with Crippen LogP contribution in [0.25, 0.3) is 0 Å². The number of rotatable bonds is 1. The van der Waals surface area contributed by atoms with Crippen LogP contribution in [-0.4, -0.2) is 18.1 Å². The largest absolute Gasteiger partial charge is 0.504 e. The van der Waals surface area contributed by atoms with E-state index in [1.54, 1.807) is 12.1 Å². The lowest BCUT2D eigenvalue weighted by molar-refractivity contribution is 0.403. The Morgan fingerprint density at radius 2 is 1.92 bits per heavy atom. The van der Waals surface area contributed by atoms with Crippen molar-refractivity contribution in [1.82, 2.24) is 0 Å². The topological polar surface area (TPSA) is 40.5 Å². The molecule has 0 amide bonds. The van der Waals surface area contributed by atoms with Gasteiger partial charge in [0.2, 0.25) is 0 Å². The molecule has 1 aliphatic carbocycles. The second-order valence-electron chi connectivity index (χ2n) is 3.57. The van der Waals surface area contributed by atoms with Crippen molar-refractivity contribution in [3.05, 3.63) is 23.8 Å². The first-order valence-electron chi connectivity index (χ1n) is 4.20. The van der Waals surface area contributed by atoms with E-state index in [1.807, 2.05) is 6.07 Å². The van der Waals surface area contributed by atoms with Gasteiger partial charge in [-0.3, -0.25) is 0 Å². The van der Waals surface area contributed by atoms with Crippen molar-refractivity contribution in [2.45, 2.75) is 18.2 Å². The zero-order valence-electron chi connectivity index (χ0n) is 6.99. The first-order chi connectivity index (χ1) is 5.68. The van der Waals surface area contributed by atoms with Crippen molar-refractivity contribution in [1.29, 1.82) is 0 Å². The van der Waals surface area contributed by atoms with Crippen molar-refractivity contribution in [3.8, 4) is 11.5 Å². The average Bonchev–Trinajstić information content (AvgIpc) is 2.73. The first-order valence-corrected chi connectivity index (χ1v) is 4.20. The predicted molar refractivity (Wildman–Crippen MR) is 49.4 cm³/mol. The van der Waals surface area contributed by atoms with Crippen molar-refractivity contribution in [2.24, 2.45) is 0 Å². The van der Waals surface area contributed by atoms with Crippen LogP contribution in [0.3, 0.4) is 0 Å². The number of benzene rings is 1. The third-order valence-corrected chi connectivity index (χ3v) is 2.54. The Morgan fingerprint density at radius 3 is 2.42 bits per heavy atom. The molecule has 1 aromatic carbocycles. The van der Waals surface area contributed by atoms with Gasteiger partial charge in [0.25, 0.3) is 0 Å². The number of hydrogen-bond donors (Lipinski definition) is 2. The summed E-state index contributed by atoms with van der Waals surface area (Å²) >= 11 is 0. The normalized spacial score (nSPS) is 27.0. The Hall–Kier alpha value is -1.12. The van der Waals surface area contributed by atoms with Crippen LogP contribution >= 0.6 is 0 Å². The predicted octanol–water partition coefficient (Wildman–Crippen LogP) is 1.01. The fourth-order valence-electron chi connectivity index (χ4n) is 1.56. The van der Waals surface area contributed by atoms with Gasteiger partial charge in [0.05, 0.1) is 0 Å². The van der Waals surface area contributed by atoms with Crippen molar-refractivity contribution < 1.29 is 10.2 Å². The van der Waals surface area contributed by atoms with Gasteiger partial charge >= 0.3 is 0 Å². The molecule has 0 spiro atoms. The monoisotopic (exact) mass is 162 g/mol. The van der Waals surface area contributed by atoms with Crippen molar-refractivity contribution in [3.63, 3.8) is 0 Å². The molecule has 0 radical (unpaired) electrons. The molecule has 62 valence electrons.